The first-order valence-electron chi connectivity index (χ1n) is 10.7. The van der Waals surface area contributed by atoms with Gasteiger partial charge in [0.25, 0.3) is 0 Å². The number of H-pyrrole nitrogens is 1. The molecule has 7 nitrogen and oxygen atoms in total. The zero-order valence-corrected chi connectivity index (χ0v) is 18.2. The first-order chi connectivity index (χ1) is 16.6. The van der Waals surface area contributed by atoms with Crippen molar-refractivity contribution in [1.82, 2.24) is 29.3 Å². The SMILES string of the molecule is Cn1ncc2cc(-c3ncc4c(ccn4Cc4cnc[nH]4)c3-c3ccc(C#N)c(F)c3)ccc21. The van der Waals surface area contributed by atoms with Gasteiger partial charge in [0.2, 0.25) is 0 Å². The van der Waals surface area contributed by atoms with Crippen LogP contribution in [0.25, 0.3) is 44.2 Å². The Balaban J connectivity index is 1.60. The first-order valence-corrected chi connectivity index (χ1v) is 10.7. The molecule has 164 valence electrons. The summed E-state index contributed by atoms with van der Waals surface area (Å²) in [5, 5.41) is 15.5. The zero-order chi connectivity index (χ0) is 23.2. The summed E-state index contributed by atoms with van der Waals surface area (Å²) in [7, 11) is 1.90. The quantitative estimate of drug-likeness (QED) is 0.410. The van der Waals surface area contributed by atoms with Crippen LogP contribution in [0, 0.1) is 17.1 Å². The molecule has 0 bridgehead atoms. The van der Waals surface area contributed by atoms with E-state index in [2.05, 4.69) is 19.6 Å². The second-order valence-electron chi connectivity index (χ2n) is 8.15. The van der Waals surface area contributed by atoms with Gasteiger partial charge in [-0.1, -0.05) is 12.1 Å². The molecule has 0 spiro atoms. The molecule has 0 radical (unpaired) electrons. The van der Waals surface area contributed by atoms with E-state index in [1.54, 1.807) is 18.6 Å². The smallest absolute Gasteiger partial charge is 0.141 e. The summed E-state index contributed by atoms with van der Waals surface area (Å²) in [6.45, 7) is 0.605. The van der Waals surface area contributed by atoms with Gasteiger partial charge in [-0.05, 0) is 35.9 Å². The largest absolute Gasteiger partial charge is 0.347 e. The Bertz CT molecular complexity index is 1720. The van der Waals surface area contributed by atoms with Gasteiger partial charge in [-0.2, -0.15) is 10.4 Å². The summed E-state index contributed by atoms with van der Waals surface area (Å²) >= 11 is 0. The molecule has 6 rings (SSSR count). The van der Waals surface area contributed by atoms with Crippen LogP contribution in [-0.4, -0.2) is 29.3 Å². The van der Waals surface area contributed by atoms with Gasteiger partial charge in [0, 0.05) is 41.3 Å². The molecule has 0 aliphatic heterocycles. The van der Waals surface area contributed by atoms with E-state index < -0.39 is 5.82 Å². The van der Waals surface area contributed by atoms with E-state index in [0.29, 0.717) is 12.1 Å². The Kier molecular flexibility index (Phi) is 4.49. The van der Waals surface area contributed by atoms with E-state index in [1.165, 1.54) is 12.1 Å². The van der Waals surface area contributed by atoms with Crippen LogP contribution in [0.15, 0.2) is 73.6 Å². The number of nitrogens with zero attached hydrogens (tertiary/aromatic N) is 6. The van der Waals surface area contributed by atoms with Gasteiger partial charge in [-0.15, -0.1) is 0 Å². The molecule has 8 heteroatoms. The lowest BCUT2D eigenvalue weighted by atomic mass is 9.95. The Hall–Kier alpha value is -4.77. The number of aromatic nitrogens is 6. The monoisotopic (exact) mass is 447 g/mol. The number of imidazole rings is 1. The molecule has 6 aromatic rings. The van der Waals surface area contributed by atoms with Crippen LogP contribution < -0.4 is 0 Å². The van der Waals surface area contributed by atoms with Gasteiger partial charge in [-0.3, -0.25) is 9.67 Å². The van der Waals surface area contributed by atoms with Crippen molar-refractivity contribution in [3.63, 3.8) is 0 Å². The molecule has 4 heterocycles. The van der Waals surface area contributed by atoms with Gasteiger partial charge < -0.3 is 9.55 Å². The minimum absolute atomic E-state index is 0.0130. The van der Waals surface area contributed by atoms with E-state index in [-0.39, 0.29) is 5.56 Å². The van der Waals surface area contributed by atoms with Crippen LogP contribution in [0.1, 0.15) is 11.3 Å². The predicted molar refractivity (Wildman–Crippen MR) is 127 cm³/mol. The molecule has 0 saturated heterocycles. The van der Waals surface area contributed by atoms with Crippen molar-refractivity contribution in [3.8, 4) is 28.5 Å². The Morgan fingerprint density at radius 1 is 1.03 bits per heavy atom. The minimum atomic E-state index is -0.553. The van der Waals surface area contributed by atoms with Crippen molar-refractivity contribution in [2.45, 2.75) is 6.54 Å². The van der Waals surface area contributed by atoms with E-state index in [0.717, 1.165) is 44.3 Å². The molecular weight excluding hydrogens is 429 g/mol. The number of rotatable bonds is 4. The molecule has 2 aromatic carbocycles. The molecular formula is C26H18FN7. The summed E-state index contributed by atoms with van der Waals surface area (Å²) in [6, 6.07) is 14.7. The van der Waals surface area contributed by atoms with Gasteiger partial charge in [-0.25, -0.2) is 9.37 Å². The van der Waals surface area contributed by atoms with Gasteiger partial charge in [0.15, 0.2) is 0 Å². The minimum Gasteiger partial charge on any atom is -0.347 e. The fourth-order valence-electron chi connectivity index (χ4n) is 4.43. The van der Waals surface area contributed by atoms with Crippen LogP contribution in [0.5, 0.6) is 0 Å². The zero-order valence-electron chi connectivity index (χ0n) is 18.2. The average Bonchev–Trinajstić information content (AvgIpc) is 3.60. The van der Waals surface area contributed by atoms with E-state index in [1.807, 2.05) is 60.7 Å². The first kappa shape index (κ1) is 19.9. The Morgan fingerprint density at radius 2 is 1.91 bits per heavy atom. The number of aryl methyl sites for hydroxylation is 1. The fraction of sp³-hybridized carbons (Fsp3) is 0.0769. The topological polar surface area (TPSA) is 88.1 Å². The standard InChI is InChI=1S/C26H18FN7/c1-33-23-5-4-17(8-19(23)11-32-33)26-25(16-2-3-18(10-28)22(27)9-16)21-6-7-34(24(21)13-30-26)14-20-12-29-15-31-20/h2-9,11-13,15H,14H2,1H3,(H,29,31). The third-order valence-corrected chi connectivity index (χ3v) is 6.12. The number of nitriles is 1. The summed E-state index contributed by atoms with van der Waals surface area (Å²) < 4.78 is 18.6. The van der Waals surface area contributed by atoms with Crippen molar-refractivity contribution >= 4 is 21.8 Å². The maximum atomic E-state index is 14.7. The van der Waals surface area contributed by atoms with Crippen LogP contribution in [0.4, 0.5) is 4.39 Å². The molecule has 34 heavy (non-hydrogen) atoms. The molecule has 0 aliphatic carbocycles. The van der Waals surface area contributed by atoms with Crippen LogP contribution >= 0.6 is 0 Å². The Labute approximate surface area is 193 Å². The number of benzene rings is 2. The third kappa shape index (κ3) is 3.14. The van der Waals surface area contributed by atoms with Crippen molar-refractivity contribution in [1.29, 1.82) is 5.26 Å². The lowest BCUT2D eigenvalue weighted by Crippen LogP contribution is -1.99. The highest BCUT2D eigenvalue weighted by atomic mass is 19.1. The molecule has 0 unspecified atom stereocenters. The third-order valence-electron chi connectivity index (χ3n) is 6.12. The summed E-state index contributed by atoms with van der Waals surface area (Å²) in [5.41, 5.74) is 6.03. The van der Waals surface area contributed by atoms with E-state index in [9.17, 15) is 9.65 Å². The molecule has 0 atom stereocenters. The predicted octanol–water partition coefficient (Wildman–Crippen LogP) is 5.04. The lowest BCUT2D eigenvalue weighted by molar-refractivity contribution is 0.624. The Morgan fingerprint density at radius 3 is 2.71 bits per heavy atom. The number of hydrogen-bond donors (Lipinski definition) is 1. The van der Waals surface area contributed by atoms with Gasteiger partial charge in [0.1, 0.15) is 11.9 Å². The summed E-state index contributed by atoms with van der Waals surface area (Å²) in [5.74, 6) is -0.553. The highest BCUT2D eigenvalue weighted by molar-refractivity contribution is 6.02. The maximum Gasteiger partial charge on any atom is 0.141 e. The number of hydrogen-bond acceptors (Lipinski definition) is 4. The molecule has 0 amide bonds. The van der Waals surface area contributed by atoms with E-state index >= 15 is 0 Å². The van der Waals surface area contributed by atoms with Crippen molar-refractivity contribution < 1.29 is 4.39 Å². The van der Waals surface area contributed by atoms with Crippen molar-refractivity contribution in [3.05, 3.63) is 90.7 Å². The van der Waals surface area contributed by atoms with Crippen LogP contribution in [0.3, 0.4) is 0 Å². The number of nitrogens with one attached hydrogen (secondary N) is 1. The van der Waals surface area contributed by atoms with Gasteiger partial charge in [0.05, 0.1) is 53.3 Å². The summed E-state index contributed by atoms with van der Waals surface area (Å²) in [6.07, 6.45) is 9.09. The number of halogens is 1. The number of pyridine rings is 1. The van der Waals surface area contributed by atoms with E-state index in [4.69, 9.17) is 4.98 Å². The molecule has 4 aromatic heterocycles. The van der Waals surface area contributed by atoms with Crippen LogP contribution in [-0.2, 0) is 13.6 Å². The molecule has 0 aliphatic rings. The maximum absolute atomic E-state index is 14.7. The summed E-state index contributed by atoms with van der Waals surface area (Å²) in [4.78, 5) is 12.1. The highest BCUT2D eigenvalue weighted by Crippen LogP contribution is 2.38. The fourth-order valence-corrected chi connectivity index (χ4v) is 4.43. The highest BCUT2D eigenvalue weighted by Gasteiger charge is 2.18. The molecule has 0 saturated carbocycles. The van der Waals surface area contributed by atoms with Crippen molar-refractivity contribution in [2.75, 3.05) is 0 Å². The number of aromatic amines is 1. The lowest BCUT2D eigenvalue weighted by Gasteiger charge is -2.13. The molecule has 1 N–H and O–H groups in total. The van der Waals surface area contributed by atoms with Gasteiger partial charge >= 0.3 is 0 Å². The number of fused-ring (bicyclic) bond motifs is 2. The average molecular weight is 447 g/mol. The second-order valence-corrected chi connectivity index (χ2v) is 8.15. The van der Waals surface area contributed by atoms with Crippen LogP contribution in [0.2, 0.25) is 0 Å². The van der Waals surface area contributed by atoms with Crippen molar-refractivity contribution in [2.24, 2.45) is 7.05 Å². The molecule has 0 fully saturated rings. The second kappa shape index (κ2) is 7.67. The normalized spacial score (nSPS) is 11.3.